The molecule has 0 radical (unpaired) electrons. The summed E-state index contributed by atoms with van der Waals surface area (Å²) in [7, 11) is 4.24. The fourth-order valence-corrected chi connectivity index (χ4v) is 6.31. The van der Waals surface area contributed by atoms with E-state index in [0.29, 0.717) is 6.54 Å². The van der Waals surface area contributed by atoms with Crippen LogP contribution in [0.5, 0.6) is 0 Å². The third kappa shape index (κ3) is 7.63. The molecule has 0 saturated carbocycles. The Hall–Kier alpha value is -4.53. The fourth-order valence-electron chi connectivity index (χ4n) is 6.31. The summed E-state index contributed by atoms with van der Waals surface area (Å²) >= 11 is 0. The van der Waals surface area contributed by atoms with E-state index in [0.717, 1.165) is 85.3 Å². The Morgan fingerprint density at radius 2 is 1.50 bits per heavy atom. The van der Waals surface area contributed by atoms with Gasteiger partial charge in [0, 0.05) is 44.0 Å². The van der Waals surface area contributed by atoms with Crippen molar-refractivity contribution in [2.24, 2.45) is 4.99 Å². The van der Waals surface area contributed by atoms with Gasteiger partial charge in [-0.1, -0.05) is 72.8 Å². The summed E-state index contributed by atoms with van der Waals surface area (Å²) < 4.78 is 13.6. The quantitative estimate of drug-likeness (QED) is 0.226. The summed E-state index contributed by atoms with van der Waals surface area (Å²) in [5, 5.41) is 3.15. The number of amides is 1. The van der Waals surface area contributed by atoms with Crippen molar-refractivity contribution in [2.75, 3.05) is 58.3 Å². The van der Waals surface area contributed by atoms with Crippen LogP contribution in [0.15, 0.2) is 108 Å². The van der Waals surface area contributed by atoms with E-state index in [4.69, 9.17) is 4.99 Å². The lowest BCUT2D eigenvalue weighted by Crippen LogP contribution is -2.55. The molecule has 2 aliphatic rings. The lowest BCUT2D eigenvalue weighted by molar-refractivity contribution is -0.121. The minimum Gasteiger partial charge on any atom is -0.352 e. The van der Waals surface area contributed by atoms with E-state index >= 15 is 0 Å². The first-order chi connectivity index (χ1) is 22.4. The number of hydrogen-bond acceptors (Lipinski definition) is 6. The van der Waals surface area contributed by atoms with Crippen molar-refractivity contribution < 1.29 is 9.18 Å². The number of fused-ring (bicyclic) bond motifs is 1. The Bertz CT molecular complexity index is 1620. The van der Waals surface area contributed by atoms with Crippen LogP contribution in [0.1, 0.15) is 30.0 Å². The fraction of sp³-hybridized carbons (Fsp3) is 0.316. The van der Waals surface area contributed by atoms with E-state index in [1.54, 1.807) is 12.1 Å². The molecule has 1 amide bonds. The van der Waals surface area contributed by atoms with E-state index in [1.807, 2.05) is 42.5 Å². The minimum atomic E-state index is -0.251. The molecule has 7 nitrogen and oxygen atoms in total. The van der Waals surface area contributed by atoms with Gasteiger partial charge >= 0.3 is 0 Å². The van der Waals surface area contributed by atoms with Crippen molar-refractivity contribution in [1.29, 1.82) is 0 Å². The van der Waals surface area contributed by atoms with Gasteiger partial charge in [-0.15, -0.1) is 0 Å². The topological polar surface area (TPSA) is 54.4 Å². The number of guanidine groups is 1. The first kappa shape index (κ1) is 31.5. The standard InChI is InChI=1S/C38H43FN6O/c1-42(2)21-8-22-43-23-25-44(26-24-43)38-41-35-12-7-6-11-34(35)36(27-37(46)40-28-29-9-4-3-5-10-29)45(38)33-19-15-31(16-20-33)30-13-17-32(39)18-14-30/h3-7,9-20,36H,8,21-28H2,1-2H3,(H,40,46). The lowest BCUT2D eigenvalue weighted by atomic mass is 9.96. The van der Waals surface area contributed by atoms with Gasteiger partial charge in [-0.2, -0.15) is 0 Å². The molecule has 0 aromatic heterocycles. The van der Waals surface area contributed by atoms with Crippen LogP contribution in [-0.2, 0) is 11.3 Å². The number of para-hydroxylation sites is 1. The first-order valence-electron chi connectivity index (χ1n) is 16.2. The number of halogens is 1. The van der Waals surface area contributed by atoms with Gasteiger partial charge in [0.05, 0.1) is 18.2 Å². The van der Waals surface area contributed by atoms with Gasteiger partial charge in [0.1, 0.15) is 5.82 Å². The maximum atomic E-state index is 13.6. The number of nitrogens with one attached hydrogen (secondary N) is 1. The van der Waals surface area contributed by atoms with E-state index in [2.05, 4.69) is 75.4 Å². The Kier molecular flexibility index (Phi) is 10.1. The summed E-state index contributed by atoms with van der Waals surface area (Å²) in [5.74, 6) is 0.616. The monoisotopic (exact) mass is 618 g/mol. The molecule has 1 saturated heterocycles. The Labute approximate surface area is 272 Å². The van der Waals surface area contributed by atoms with Gasteiger partial charge in [0.2, 0.25) is 11.9 Å². The number of piperazine rings is 1. The molecule has 4 aromatic rings. The second-order valence-electron chi connectivity index (χ2n) is 12.4. The van der Waals surface area contributed by atoms with Gasteiger partial charge in [-0.3, -0.25) is 9.69 Å². The highest BCUT2D eigenvalue weighted by atomic mass is 19.1. The van der Waals surface area contributed by atoms with Crippen molar-refractivity contribution in [3.8, 4) is 11.1 Å². The number of rotatable bonds is 10. The zero-order chi connectivity index (χ0) is 31.9. The molecule has 6 rings (SSSR count). The van der Waals surface area contributed by atoms with E-state index in [9.17, 15) is 9.18 Å². The van der Waals surface area contributed by atoms with Crippen LogP contribution in [0.4, 0.5) is 15.8 Å². The third-order valence-corrected chi connectivity index (χ3v) is 8.81. The number of hydrogen-bond donors (Lipinski definition) is 1. The molecule has 1 N–H and O–H groups in total. The number of carbonyl (C=O) groups is 1. The van der Waals surface area contributed by atoms with Crippen LogP contribution in [0.25, 0.3) is 11.1 Å². The molecular formula is C38H43FN6O. The number of carbonyl (C=O) groups excluding carboxylic acids is 1. The molecule has 1 fully saturated rings. The van der Waals surface area contributed by atoms with Gasteiger partial charge in [0.15, 0.2) is 0 Å². The van der Waals surface area contributed by atoms with E-state index in [-0.39, 0.29) is 24.2 Å². The van der Waals surface area contributed by atoms with E-state index < -0.39 is 0 Å². The average molecular weight is 619 g/mol. The van der Waals surface area contributed by atoms with Crippen molar-refractivity contribution >= 4 is 23.2 Å². The molecule has 0 aliphatic carbocycles. The normalized spacial score (nSPS) is 16.7. The predicted octanol–water partition coefficient (Wildman–Crippen LogP) is 6.32. The highest BCUT2D eigenvalue weighted by Crippen LogP contribution is 2.41. The zero-order valence-electron chi connectivity index (χ0n) is 26.8. The summed E-state index contributed by atoms with van der Waals surface area (Å²) in [6, 6.07) is 32.8. The molecule has 8 heteroatoms. The smallest absolute Gasteiger partial charge is 0.222 e. The molecule has 4 aromatic carbocycles. The maximum Gasteiger partial charge on any atom is 0.222 e. The zero-order valence-corrected chi connectivity index (χ0v) is 26.8. The molecule has 1 unspecified atom stereocenters. The average Bonchev–Trinajstić information content (AvgIpc) is 3.08. The largest absolute Gasteiger partial charge is 0.352 e. The highest BCUT2D eigenvalue weighted by Gasteiger charge is 2.36. The van der Waals surface area contributed by atoms with Gasteiger partial charge in [-0.25, -0.2) is 9.38 Å². The predicted molar refractivity (Wildman–Crippen MR) is 185 cm³/mol. The Morgan fingerprint density at radius 1 is 0.848 bits per heavy atom. The summed E-state index contributed by atoms with van der Waals surface area (Å²) in [5.41, 5.74) is 5.93. The summed E-state index contributed by atoms with van der Waals surface area (Å²) in [6.07, 6.45) is 1.43. The molecule has 2 heterocycles. The van der Waals surface area contributed by atoms with Crippen LogP contribution in [0.3, 0.4) is 0 Å². The SMILES string of the molecule is CN(C)CCCN1CCN(C2=Nc3ccccc3C(CC(=O)NCc3ccccc3)N2c2ccc(-c3ccc(F)cc3)cc2)CC1. The van der Waals surface area contributed by atoms with Crippen molar-refractivity contribution in [1.82, 2.24) is 20.0 Å². The number of benzene rings is 4. The Morgan fingerprint density at radius 3 is 2.20 bits per heavy atom. The Balaban J connectivity index is 1.29. The van der Waals surface area contributed by atoms with Gasteiger partial charge in [0.25, 0.3) is 0 Å². The molecule has 0 spiro atoms. The third-order valence-electron chi connectivity index (χ3n) is 8.81. The van der Waals surface area contributed by atoms with E-state index in [1.165, 1.54) is 12.1 Å². The van der Waals surface area contributed by atoms with Gasteiger partial charge in [-0.05, 0) is 80.6 Å². The molecular weight excluding hydrogens is 575 g/mol. The molecule has 0 bridgehead atoms. The number of anilines is 1. The number of aliphatic imine (C=N–C) groups is 1. The van der Waals surface area contributed by atoms with Crippen molar-refractivity contribution in [3.63, 3.8) is 0 Å². The second-order valence-corrected chi connectivity index (χ2v) is 12.4. The lowest BCUT2D eigenvalue weighted by Gasteiger charge is -2.45. The maximum absolute atomic E-state index is 13.6. The summed E-state index contributed by atoms with van der Waals surface area (Å²) in [6.45, 7) is 6.30. The minimum absolute atomic E-state index is 0.0106. The van der Waals surface area contributed by atoms with Crippen LogP contribution < -0.4 is 10.2 Å². The first-order valence-corrected chi connectivity index (χ1v) is 16.2. The second kappa shape index (κ2) is 14.7. The molecule has 46 heavy (non-hydrogen) atoms. The van der Waals surface area contributed by atoms with Gasteiger partial charge < -0.3 is 20.0 Å². The highest BCUT2D eigenvalue weighted by molar-refractivity contribution is 6.01. The van der Waals surface area contributed by atoms with Crippen LogP contribution in [-0.4, -0.2) is 79.9 Å². The van der Waals surface area contributed by atoms with Crippen LogP contribution in [0.2, 0.25) is 0 Å². The van der Waals surface area contributed by atoms with Crippen LogP contribution >= 0.6 is 0 Å². The summed E-state index contributed by atoms with van der Waals surface area (Å²) in [4.78, 5) is 28.2. The van der Waals surface area contributed by atoms with Crippen molar-refractivity contribution in [2.45, 2.75) is 25.4 Å². The molecule has 2 aliphatic heterocycles. The van der Waals surface area contributed by atoms with Crippen LogP contribution in [0, 0.1) is 5.82 Å². The molecule has 238 valence electrons. The number of nitrogens with zero attached hydrogens (tertiary/aromatic N) is 5. The van der Waals surface area contributed by atoms with Crippen molar-refractivity contribution in [3.05, 3.63) is 120 Å². The molecule has 1 atom stereocenters.